The molecule has 5 nitrogen and oxygen atoms in total. The molecule has 0 spiro atoms. The number of aromatic nitrogens is 3. The Morgan fingerprint density at radius 1 is 1.07 bits per heavy atom. The van der Waals surface area contributed by atoms with Crippen LogP contribution in [0.3, 0.4) is 0 Å². The van der Waals surface area contributed by atoms with Crippen molar-refractivity contribution in [1.82, 2.24) is 19.7 Å². The Balaban J connectivity index is 1.49. The summed E-state index contributed by atoms with van der Waals surface area (Å²) in [5.74, 6) is -0.318. The van der Waals surface area contributed by atoms with Crippen LogP contribution in [0.4, 0.5) is 4.39 Å². The van der Waals surface area contributed by atoms with Crippen LogP contribution in [0.5, 0.6) is 0 Å². The summed E-state index contributed by atoms with van der Waals surface area (Å²) in [6, 6.07) is 17.8. The molecule has 4 aromatic rings. The topological polar surface area (TPSA) is 51.0 Å². The SMILES string of the molecule is CC(c1ccc(-n2cncn2)cc1)N(C)C(=O)c1ccc(-c2ccc(F)cc2)s1. The van der Waals surface area contributed by atoms with E-state index in [0.717, 1.165) is 21.7 Å². The van der Waals surface area contributed by atoms with Crippen LogP contribution in [0.25, 0.3) is 16.1 Å². The fraction of sp³-hybridized carbons (Fsp3) is 0.136. The van der Waals surface area contributed by atoms with Crippen LogP contribution in [-0.2, 0) is 0 Å². The van der Waals surface area contributed by atoms with Gasteiger partial charge < -0.3 is 4.90 Å². The van der Waals surface area contributed by atoms with Crippen molar-refractivity contribution in [2.45, 2.75) is 13.0 Å². The predicted molar refractivity (Wildman–Crippen MR) is 112 cm³/mol. The number of benzene rings is 2. The minimum atomic E-state index is -0.273. The van der Waals surface area contributed by atoms with Crippen molar-refractivity contribution in [2.24, 2.45) is 0 Å². The van der Waals surface area contributed by atoms with Crippen LogP contribution in [0.2, 0.25) is 0 Å². The first-order chi connectivity index (χ1) is 14.0. The molecule has 146 valence electrons. The predicted octanol–water partition coefficient (Wildman–Crippen LogP) is 4.97. The molecule has 0 N–H and O–H groups in total. The number of carbonyl (C=O) groups is 1. The van der Waals surface area contributed by atoms with E-state index in [-0.39, 0.29) is 17.8 Å². The van der Waals surface area contributed by atoms with E-state index in [0.29, 0.717) is 4.88 Å². The molecule has 0 fully saturated rings. The van der Waals surface area contributed by atoms with Gasteiger partial charge in [0.15, 0.2) is 0 Å². The van der Waals surface area contributed by atoms with Crippen LogP contribution >= 0.6 is 11.3 Å². The van der Waals surface area contributed by atoms with Gasteiger partial charge in [-0.3, -0.25) is 4.79 Å². The van der Waals surface area contributed by atoms with Crippen molar-refractivity contribution in [3.05, 3.63) is 89.6 Å². The molecule has 0 saturated carbocycles. The second-order valence-electron chi connectivity index (χ2n) is 6.69. The molecule has 2 heterocycles. The van der Waals surface area contributed by atoms with Crippen molar-refractivity contribution < 1.29 is 9.18 Å². The summed E-state index contributed by atoms with van der Waals surface area (Å²) >= 11 is 1.41. The van der Waals surface area contributed by atoms with Gasteiger partial charge in [-0.2, -0.15) is 5.10 Å². The summed E-state index contributed by atoms with van der Waals surface area (Å²) in [6.45, 7) is 2.00. The van der Waals surface area contributed by atoms with E-state index in [4.69, 9.17) is 0 Å². The summed E-state index contributed by atoms with van der Waals surface area (Å²) in [5, 5.41) is 4.12. The summed E-state index contributed by atoms with van der Waals surface area (Å²) in [6.07, 6.45) is 3.13. The zero-order valence-corrected chi connectivity index (χ0v) is 16.8. The quantitative estimate of drug-likeness (QED) is 0.470. The van der Waals surface area contributed by atoms with Crippen LogP contribution in [0.1, 0.15) is 28.2 Å². The molecule has 29 heavy (non-hydrogen) atoms. The first kappa shape index (κ1) is 19.0. The third-order valence-corrected chi connectivity index (χ3v) is 6.03. The number of hydrogen-bond acceptors (Lipinski definition) is 4. The maximum Gasteiger partial charge on any atom is 0.264 e. The van der Waals surface area contributed by atoms with Crippen LogP contribution < -0.4 is 0 Å². The maximum absolute atomic E-state index is 13.1. The standard InChI is InChI=1S/C22H19FN4OS/c1-15(16-5-9-19(10-6-16)27-14-24-13-25-27)26(2)22(28)21-12-11-20(29-21)17-3-7-18(23)8-4-17/h3-15H,1-2H3. The lowest BCUT2D eigenvalue weighted by molar-refractivity contribution is 0.0747. The fourth-order valence-electron chi connectivity index (χ4n) is 3.04. The van der Waals surface area contributed by atoms with E-state index < -0.39 is 0 Å². The summed E-state index contributed by atoms with van der Waals surface area (Å²) in [4.78, 5) is 20.2. The molecule has 2 aromatic carbocycles. The lowest BCUT2D eigenvalue weighted by atomic mass is 10.1. The van der Waals surface area contributed by atoms with Gasteiger partial charge in [-0.05, 0) is 54.4 Å². The molecule has 2 aromatic heterocycles. The van der Waals surface area contributed by atoms with Crippen molar-refractivity contribution in [2.75, 3.05) is 7.05 Å². The Bertz CT molecular complexity index is 1100. The molecule has 1 unspecified atom stereocenters. The van der Waals surface area contributed by atoms with Gasteiger partial charge in [-0.1, -0.05) is 24.3 Å². The Morgan fingerprint density at radius 3 is 2.45 bits per heavy atom. The van der Waals surface area contributed by atoms with Gasteiger partial charge in [0.05, 0.1) is 16.6 Å². The van der Waals surface area contributed by atoms with E-state index >= 15 is 0 Å². The average Bonchev–Trinajstić information content (AvgIpc) is 3.45. The summed E-state index contributed by atoms with van der Waals surface area (Å²) in [7, 11) is 1.80. The molecule has 0 aliphatic rings. The van der Waals surface area contributed by atoms with Gasteiger partial charge in [-0.25, -0.2) is 14.1 Å². The number of rotatable bonds is 5. The number of halogens is 1. The zero-order valence-electron chi connectivity index (χ0n) is 16.0. The summed E-state index contributed by atoms with van der Waals surface area (Å²) < 4.78 is 14.8. The van der Waals surface area contributed by atoms with Crippen LogP contribution in [-0.4, -0.2) is 32.6 Å². The molecular formula is C22H19FN4OS. The van der Waals surface area contributed by atoms with Gasteiger partial charge in [0.25, 0.3) is 5.91 Å². The second kappa shape index (κ2) is 7.97. The minimum Gasteiger partial charge on any atom is -0.334 e. The van der Waals surface area contributed by atoms with Crippen molar-refractivity contribution in [1.29, 1.82) is 0 Å². The van der Waals surface area contributed by atoms with Crippen molar-refractivity contribution >= 4 is 17.2 Å². The summed E-state index contributed by atoms with van der Waals surface area (Å²) in [5.41, 5.74) is 2.84. The Kier molecular flexibility index (Phi) is 5.22. The average molecular weight is 406 g/mol. The number of carbonyl (C=O) groups excluding carboxylic acids is 1. The molecule has 0 bridgehead atoms. The minimum absolute atomic E-state index is 0.0452. The van der Waals surface area contributed by atoms with Gasteiger partial charge in [0, 0.05) is 11.9 Å². The molecule has 7 heteroatoms. The lowest BCUT2D eigenvalue weighted by Gasteiger charge is -2.25. The molecule has 4 rings (SSSR count). The Morgan fingerprint density at radius 2 is 1.79 bits per heavy atom. The van der Waals surface area contributed by atoms with E-state index in [2.05, 4.69) is 10.1 Å². The first-order valence-corrected chi connectivity index (χ1v) is 9.92. The highest BCUT2D eigenvalue weighted by molar-refractivity contribution is 7.17. The molecule has 0 aliphatic carbocycles. The third-order valence-electron chi connectivity index (χ3n) is 4.91. The zero-order chi connectivity index (χ0) is 20.4. The first-order valence-electron chi connectivity index (χ1n) is 9.11. The highest BCUT2D eigenvalue weighted by Gasteiger charge is 2.21. The maximum atomic E-state index is 13.1. The molecule has 0 aliphatic heterocycles. The smallest absolute Gasteiger partial charge is 0.264 e. The number of hydrogen-bond donors (Lipinski definition) is 0. The number of amides is 1. The number of nitrogens with zero attached hydrogens (tertiary/aromatic N) is 4. The molecular weight excluding hydrogens is 387 g/mol. The molecule has 0 radical (unpaired) electrons. The van der Waals surface area contributed by atoms with E-state index in [1.807, 2.05) is 43.3 Å². The van der Waals surface area contributed by atoms with E-state index in [9.17, 15) is 9.18 Å². The highest BCUT2D eigenvalue weighted by Crippen LogP contribution is 2.30. The van der Waals surface area contributed by atoms with Gasteiger partial charge in [0.2, 0.25) is 0 Å². The lowest BCUT2D eigenvalue weighted by Crippen LogP contribution is -2.29. The normalized spacial score (nSPS) is 12.0. The number of thiophene rings is 1. The highest BCUT2D eigenvalue weighted by atomic mass is 32.1. The van der Waals surface area contributed by atoms with Crippen molar-refractivity contribution in [3.63, 3.8) is 0 Å². The van der Waals surface area contributed by atoms with Gasteiger partial charge in [-0.15, -0.1) is 11.3 Å². The molecule has 1 atom stereocenters. The van der Waals surface area contributed by atoms with Gasteiger partial charge >= 0.3 is 0 Å². The monoisotopic (exact) mass is 406 g/mol. The Hall–Kier alpha value is -3.32. The molecule has 1 amide bonds. The van der Waals surface area contributed by atoms with Crippen LogP contribution in [0, 0.1) is 5.82 Å². The second-order valence-corrected chi connectivity index (χ2v) is 7.78. The van der Waals surface area contributed by atoms with E-state index in [1.54, 1.807) is 35.1 Å². The van der Waals surface area contributed by atoms with Gasteiger partial charge in [0.1, 0.15) is 18.5 Å². The largest absolute Gasteiger partial charge is 0.334 e. The third kappa shape index (κ3) is 3.95. The van der Waals surface area contributed by atoms with Crippen LogP contribution in [0.15, 0.2) is 73.3 Å². The Labute approximate surface area is 172 Å². The molecule has 0 saturated heterocycles. The fourth-order valence-corrected chi connectivity index (χ4v) is 4.04. The van der Waals surface area contributed by atoms with E-state index in [1.165, 1.54) is 29.8 Å². The van der Waals surface area contributed by atoms with Crippen molar-refractivity contribution in [3.8, 4) is 16.1 Å².